The quantitative estimate of drug-likeness (QED) is 0.737. The molecule has 0 radical (unpaired) electrons. The van der Waals surface area contributed by atoms with E-state index in [2.05, 4.69) is 22.3 Å². The van der Waals surface area contributed by atoms with Crippen LogP contribution in [-0.4, -0.2) is 51.2 Å². The minimum Gasteiger partial charge on any atom is -0.385 e. The zero-order valence-electron chi connectivity index (χ0n) is 12.5. The molecule has 5 nitrogen and oxygen atoms in total. The number of ether oxygens (including phenoxy) is 1. The van der Waals surface area contributed by atoms with E-state index in [4.69, 9.17) is 10.5 Å². The average molecular weight is 279 g/mol. The van der Waals surface area contributed by atoms with Crippen molar-refractivity contribution in [1.82, 2.24) is 10.2 Å². The van der Waals surface area contributed by atoms with Crippen molar-refractivity contribution in [2.24, 2.45) is 5.73 Å². The summed E-state index contributed by atoms with van der Waals surface area (Å²) in [6, 6.07) is 9.71. The summed E-state index contributed by atoms with van der Waals surface area (Å²) in [6.45, 7) is 1.03. The van der Waals surface area contributed by atoms with Crippen molar-refractivity contribution < 1.29 is 9.53 Å². The second kappa shape index (κ2) is 8.68. The number of likely N-dealkylation sites (N-methyl/N-ethyl adjacent to an activating group) is 1. The first-order valence-corrected chi connectivity index (χ1v) is 6.80. The highest BCUT2D eigenvalue weighted by Gasteiger charge is 2.17. The van der Waals surface area contributed by atoms with Crippen LogP contribution in [0.2, 0.25) is 0 Å². The normalized spacial score (nSPS) is 14.1. The summed E-state index contributed by atoms with van der Waals surface area (Å²) in [5, 5.41) is 2.91. The fourth-order valence-electron chi connectivity index (χ4n) is 1.98. The third-order valence-electron chi connectivity index (χ3n) is 3.25. The minimum atomic E-state index is -0.520. The number of carbonyl (C=O) groups is 1. The van der Waals surface area contributed by atoms with Crippen LogP contribution in [0, 0.1) is 0 Å². The molecule has 1 amide bonds. The van der Waals surface area contributed by atoms with Gasteiger partial charge in [0, 0.05) is 20.3 Å². The van der Waals surface area contributed by atoms with Gasteiger partial charge < -0.3 is 20.7 Å². The number of hydrogen-bond donors (Lipinski definition) is 2. The Hall–Kier alpha value is -1.43. The monoisotopic (exact) mass is 279 g/mol. The summed E-state index contributed by atoms with van der Waals surface area (Å²) in [6.07, 6.45) is 0.528. The molecule has 1 aromatic carbocycles. The van der Waals surface area contributed by atoms with Gasteiger partial charge in [-0.05, 0) is 26.1 Å². The average Bonchev–Trinajstić information content (AvgIpc) is 2.45. The zero-order valence-corrected chi connectivity index (χ0v) is 12.5. The summed E-state index contributed by atoms with van der Waals surface area (Å²) in [5.41, 5.74) is 6.97. The van der Waals surface area contributed by atoms with Crippen LogP contribution in [0.5, 0.6) is 0 Å². The smallest absolute Gasteiger partial charge is 0.237 e. The number of nitrogens with one attached hydrogen (secondary N) is 1. The fourth-order valence-corrected chi connectivity index (χ4v) is 1.98. The Morgan fingerprint density at radius 2 is 2.00 bits per heavy atom. The molecule has 0 aliphatic rings. The summed E-state index contributed by atoms with van der Waals surface area (Å²) in [4.78, 5) is 14.0. The molecule has 0 fully saturated rings. The van der Waals surface area contributed by atoms with Gasteiger partial charge in [-0.3, -0.25) is 4.79 Å². The molecule has 0 saturated carbocycles. The van der Waals surface area contributed by atoms with Gasteiger partial charge in [0.1, 0.15) is 0 Å². The third kappa shape index (κ3) is 5.28. The zero-order chi connectivity index (χ0) is 15.0. The SMILES string of the molecule is COCCC(N)C(=O)NCC(c1ccccc1)N(C)C. The summed E-state index contributed by atoms with van der Waals surface area (Å²) < 4.78 is 4.93. The van der Waals surface area contributed by atoms with Gasteiger partial charge in [0.25, 0.3) is 0 Å². The highest BCUT2D eigenvalue weighted by Crippen LogP contribution is 2.16. The predicted molar refractivity (Wildman–Crippen MR) is 80.3 cm³/mol. The number of methoxy groups -OCH3 is 1. The lowest BCUT2D eigenvalue weighted by atomic mass is 10.1. The lowest BCUT2D eigenvalue weighted by Gasteiger charge is -2.25. The Morgan fingerprint density at radius 3 is 2.55 bits per heavy atom. The molecule has 2 atom stereocenters. The molecule has 0 spiro atoms. The molecular formula is C15H25N3O2. The maximum absolute atomic E-state index is 11.9. The van der Waals surface area contributed by atoms with Gasteiger partial charge in [-0.1, -0.05) is 30.3 Å². The first kappa shape index (κ1) is 16.6. The highest BCUT2D eigenvalue weighted by molar-refractivity contribution is 5.81. The van der Waals surface area contributed by atoms with Crippen LogP contribution < -0.4 is 11.1 Å². The van der Waals surface area contributed by atoms with E-state index in [1.165, 1.54) is 5.56 Å². The number of hydrogen-bond acceptors (Lipinski definition) is 4. The van der Waals surface area contributed by atoms with Crippen molar-refractivity contribution in [3.63, 3.8) is 0 Å². The van der Waals surface area contributed by atoms with Gasteiger partial charge in [-0.25, -0.2) is 0 Å². The lowest BCUT2D eigenvalue weighted by molar-refractivity contribution is -0.122. The number of nitrogens with two attached hydrogens (primary N) is 1. The van der Waals surface area contributed by atoms with E-state index in [1.807, 2.05) is 32.3 Å². The standard InChI is InChI=1S/C15H25N3O2/c1-18(2)14(12-7-5-4-6-8-12)11-17-15(19)13(16)9-10-20-3/h4-8,13-14H,9-11,16H2,1-3H3,(H,17,19). The van der Waals surface area contributed by atoms with Crippen molar-refractivity contribution in [2.45, 2.75) is 18.5 Å². The molecular weight excluding hydrogens is 254 g/mol. The van der Waals surface area contributed by atoms with Crippen LogP contribution in [0.1, 0.15) is 18.0 Å². The number of amides is 1. The van der Waals surface area contributed by atoms with Crippen LogP contribution in [0.4, 0.5) is 0 Å². The molecule has 1 aromatic rings. The maximum atomic E-state index is 11.9. The molecule has 0 saturated heterocycles. The Bertz CT molecular complexity index is 395. The van der Waals surface area contributed by atoms with Crippen molar-refractivity contribution in [3.05, 3.63) is 35.9 Å². The molecule has 0 aliphatic carbocycles. The van der Waals surface area contributed by atoms with Gasteiger partial charge in [0.05, 0.1) is 12.1 Å². The van der Waals surface area contributed by atoms with Gasteiger partial charge in [-0.2, -0.15) is 0 Å². The molecule has 3 N–H and O–H groups in total. The van der Waals surface area contributed by atoms with E-state index < -0.39 is 6.04 Å². The van der Waals surface area contributed by atoms with Crippen LogP contribution >= 0.6 is 0 Å². The molecule has 0 heterocycles. The molecule has 0 aromatic heterocycles. The number of rotatable bonds is 8. The van der Waals surface area contributed by atoms with E-state index in [0.29, 0.717) is 19.6 Å². The Labute approximate surface area is 121 Å². The molecule has 1 rings (SSSR count). The van der Waals surface area contributed by atoms with Gasteiger partial charge in [0.2, 0.25) is 5.91 Å². The molecule has 0 aliphatic heterocycles. The second-order valence-electron chi connectivity index (χ2n) is 5.02. The lowest BCUT2D eigenvalue weighted by Crippen LogP contribution is -2.44. The van der Waals surface area contributed by atoms with Gasteiger partial charge in [0.15, 0.2) is 0 Å². The van der Waals surface area contributed by atoms with E-state index in [-0.39, 0.29) is 11.9 Å². The molecule has 5 heteroatoms. The molecule has 0 bridgehead atoms. The van der Waals surface area contributed by atoms with Gasteiger partial charge in [-0.15, -0.1) is 0 Å². The summed E-state index contributed by atoms with van der Waals surface area (Å²) >= 11 is 0. The van der Waals surface area contributed by atoms with Crippen molar-refractivity contribution in [3.8, 4) is 0 Å². The molecule has 20 heavy (non-hydrogen) atoms. The fraction of sp³-hybridized carbons (Fsp3) is 0.533. The second-order valence-corrected chi connectivity index (χ2v) is 5.02. The first-order valence-electron chi connectivity index (χ1n) is 6.80. The number of benzene rings is 1. The minimum absolute atomic E-state index is 0.134. The largest absolute Gasteiger partial charge is 0.385 e. The van der Waals surface area contributed by atoms with Crippen molar-refractivity contribution in [2.75, 3.05) is 34.4 Å². The van der Waals surface area contributed by atoms with Gasteiger partial charge >= 0.3 is 0 Å². The number of nitrogens with zero attached hydrogens (tertiary/aromatic N) is 1. The summed E-state index contributed by atoms with van der Waals surface area (Å²) in [5.74, 6) is -0.134. The Morgan fingerprint density at radius 1 is 1.35 bits per heavy atom. The molecule has 112 valence electrons. The first-order chi connectivity index (χ1) is 9.56. The number of carbonyl (C=O) groups excluding carboxylic acids is 1. The van der Waals surface area contributed by atoms with Crippen LogP contribution in [0.25, 0.3) is 0 Å². The van der Waals surface area contributed by atoms with Crippen molar-refractivity contribution >= 4 is 5.91 Å². The van der Waals surface area contributed by atoms with Crippen LogP contribution in [0.3, 0.4) is 0 Å². The van der Waals surface area contributed by atoms with Crippen LogP contribution in [-0.2, 0) is 9.53 Å². The highest BCUT2D eigenvalue weighted by atomic mass is 16.5. The topological polar surface area (TPSA) is 67.6 Å². The summed E-state index contributed by atoms with van der Waals surface area (Å²) in [7, 11) is 5.59. The van der Waals surface area contributed by atoms with E-state index in [0.717, 1.165) is 0 Å². The third-order valence-corrected chi connectivity index (χ3v) is 3.25. The Kier molecular flexibility index (Phi) is 7.22. The van der Waals surface area contributed by atoms with E-state index >= 15 is 0 Å². The maximum Gasteiger partial charge on any atom is 0.237 e. The molecule has 2 unspecified atom stereocenters. The van der Waals surface area contributed by atoms with E-state index in [9.17, 15) is 4.79 Å². The van der Waals surface area contributed by atoms with E-state index in [1.54, 1.807) is 7.11 Å². The predicted octanol–water partition coefficient (Wildman–Crippen LogP) is 0.769. The van der Waals surface area contributed by atoms with Crippen molar-refractivity contribution in [1.29, 1.82) is 0 Å². The Balaban J connectivity index is 2.54. The van der Waals surface area contributed by atoms with Crippen LogP contribution in [0.15, 0.2) is 30.3 Å².